The van der Waals surface area contributed by atoms with Gasteiger partial charge in [0.15, 0.2) is 0 Å². The van der Waals surface area contributed by atoms with Crippen LogP contribution < -0.4 is 0 Å². The third kappa shape index (κ3) is 4.65. The molecule has 0 radical (unpaired) electrons. The van der Waals surface area contributed by atoms with Gasteiger partial charge in [-0.15, -0.1) is 0 Å². The SMILES string of the molecule is CCCCCC(OC(C)=O)C1CCCO1. The van der Waals surface area contributed by atoms with Gasteiger partial charge in [-0.1, -0.05) is 19.8 Å². The van der Waals surface area contributed by atoms with Gasteiger partial charge in [0.2, 0.25) is 0 Å². The molecule has 0 aromatic heterocycles. The van der Waals surface area contributed by atoms with Gasteiger partial charge in [0.25, 0.3) is 0 Å². The third-order valence-corrected chi connectivity index (χ3v) is 2.79. The molecule has 0 saturated carbocycles. The lowest BCUT2D eigenvalue weighted by molar-refractivity contribution is -0.153. The maximum absolute atomic E-state index is 11.0. The zero-order chi connectivity index (χ0) is 11.1. The lowest BCUT2D eigenvalue weighted by Crippen LogP contribution is -2.30. The van der Waals surface area contributed by atoms with Crippen molar-refractivity contribution in [1.82, 2.24) is 0 Å². The van der Waals surface area contributed by atoms with E-state index < -0.39 is 0 Å². The van der Waals surface area contributed by atoms with Crippen LogP contribution >= 0.6 is 0 Å². The predicted molar refractivity (Wildman–Crippen MR) is 58.7 cm³/mol. The van der Waals surface area contributed by atoms with Crippen LogP contribution in [0.15, 0.2) is 0 Å². The molecule has 0 aromatic carbocycles. The highest BCUT2D eigenvalue weighted by atomic mass is 16.6. The number of ether oxygens (including phenoxy) is 2. The van der Waals surface area contributed by atoms with E-state index >= 15 is 0 Å². The number of carbonyl (C=O) groups excluding carboxylic acids is 1. The fraction of sp³-hybridized carbons (Fsp3) is 0.917. The summed E-state index contributed by atoms with van der Waals surface area (Å²) >= 11 is 0. The average Bonchev–Trinajstić information content (AvgIpc) is 2.68. The van der Waals surface area contributed by atoms with Gasteiger partial charge < -0.3 is 9.47 Å². The Morgan fingerprint density at radius 3 is 2.87 bits per heavy atom. The number of rotatable bonds is 6. The van der Waals surface area contributed by atoms with E-state index in [1.807, 2.05) is 0 Å². The molecule has 1 saturated heterocycles. The summed E-state index contributed by atoms with van der Waals surface area (Å²) in [6, 6.07) is 0. The van der Waals surface area contributed by atoms with Crippen molar-refractivity contribution in [2.45, 2.75) is 64.6 Å². The van der Waals surface area contributed by atoms with Crippen molar-refractivity contribution < 1.29 is 14.3 Å². The van der Waals surface area contributed by atoms with Gasteiger partial charge in [0, 0.05) is 13.5 Å². The Bertz CT molecular complexity index is 185. The van der Waals surface area contributed by atoms with Crippen LogP contribution in [-0.2, 0) is 14.3 Å². The molecule has 1 rings (SSSR count). The summed E-state index contributed by atoms with van der Waals surface area (Å²) in [5.74, 6) is -0.188. The Morgan fingerprint density at radius 2 is 2.33 bits per heavy atom. The van der Waals surface area contributed by atoms with Gasteiger partial charge in [-0.05, 0) is 25.7 Å². The molecule has 1 fully saturated rings. The van der Waals surface area contributed by atoms with Crippen LogP contribution in [0.1, 0.15) is 52.4 Å². The Morgan fingerprint density at radius 1 is 1.53 bits per heavy atom. The van der Waals surface area contributed by atoms with Crippen molar-refractivity contribution in [2.75, 3.05) is 6.61 Å². The summed E-state index contributed by atoms with van der Waals surface area (Å²) < 4.78 is 10.9. The Kier molecular flexibility index (Phi) is 5.69. The van der Waals surface area contributed by atoms with Crippen molar-refractivity contribution in [2.24, 2.45) is 0 Å². The Labute approximate surface area is 92.1 Å². The molecule has 1 heterocycles. The summed E-state index contributed by atoms with van der Waals surface area (Å²) in [6.07, 6.45) is 6.71. The van der Waals surface area contributed by atoms with Crippen molar-refractivity contribution in [3.63, 3.8) is 0 Å². The molecule has 0 bridgehead atoms. The van der Waals surface area contributed by atoms with E-state index in [1.165, 1.54) is 19.8 Å². The molecule has 0 N–H and O–H groups in total. The van der Waals surface area contributed by atoms with E-state index in [0.29, 0.717) is 0 Å². The molecular formula is C12H22O3. The van der Waals surface area contributed by atoms with E-state index in [2.05, 4.69) is 6.92 Å². The summed E-state index contributed by atoms with van der Waals surface area (Å²) in [4.78, 5) is 11.0. The van der Waals surface area contributed by atoms with Crippen molar-refractivity contribution in [1.29, 1.82) is 0 Å². The normalized spacial score (nSPS) is 22.7. The monoisotopic (exact) mass is 214 g/mol. The number of carbonyl (C=O) groups is 1. The van der Waals surface area contributed by atoms with Gasteiger partial charge in [-0.3, -0.25) is 4.79 Å². The molecule has 2 unspecified atom stereocenters. The number of unbranched alkanes of at least 4 members (excludes halogenated alkanes) is 2. The zero-order valence-corrected chi connectivity index (χ0v) is 9.83. The molecule has 3 nitrogen and oxygen atoms in total. The lowest BCUT2D eigenvalue weighted by atomic mass is 10.0. The first kappa shape index (κ1) is 12.5. The van der Waals surface area contributed by atoms with Gasteiger partial charge in [0.05, 0.1) is 6.10 Å². The van der Waals surface area contributed by atoms with E-state index in [0.717, 1.165) is 32.3 Å². The first-order chi connectivity index (χ1) is 7.24. The minimum absolute atomic E-state index is 0.0171. The van der Waals surface area contributed by atoms with Crippen LogP contribution in [0.5, 0.6) is 0 Å². The fourth-order valence-corrected chi connectivity index (χ4v) is 2.03. The smallest absolute Gasteiger partial charge is 0.302 e. The molecule has 88 valence electrons. The van der Waals surface area contributed by atoms with Gasteiger partial charge in [-0.25, -0.2) is 0 Å². The van der Waals surface area contributed by atoms with E-state index in [1.54, 1.807) is 0 Å². The Balaban J connectivity index is 2.33. The first-order valence-corrected chi connectivity index (χ1v) is 6.03. The van der Waals surface area contributed by atoms with Crippen molar-refractivity contribution in [3.8, 4) is 0 Å². The lowest BCUT2D eigenvalue weighted by Gasteiger charge is -2.22. The largest absolute Gasteiger partial charge is 0.460 e. The van der Waals surface area contributed by atoms with Crippen LogP contribution in [0.3, 0.4) is 0 Å². The maximum Gasteiger partial charge on any atom is 0.302 e. The molecule has 0 spiro atoms. The maximum atomic E-state index is 11.0. The summed E-state index contributed by atoms with van der Waals surface area (Å²) in [5.41, 5.74) is 0. The highest BCUT2D eigenvalue weighted by molar-refractivity contribution is 5.66. The van der Waals surface area contributed by atoms with Gasteiger partial charge in [-0.2, -0.15) is 0 Å². The van der Waals surface area contributed by atoms with E-state index in [9.17, 15) is 4.79 Å². The highest BCUT2D eigenvalue weighted by Gasteiger charge is 2.27. The Hall–Kier alpha value is -0.570. The molecule has 15 heavy (non-hydrogen) atoms. The second-order valence-corrected chi connectivity index (χ2v) is 4.20. The average molecular weight is 214 g/mol. The number of esters is 1. The molecule has 2 atom stereocenters. The standard InChI is InChI=1S/C12H22O3/c1-3-4-5-7-12(15-10(2)13)11-8-6-9-14-11/h11-12H,3-9H2,1-2H3. The zero-order valence-electron chi connectivity index (χ0n) is 9.83. The van der Waals surface area contributed by atoms with Crippen molar-refractivity contribution in [3.05, 3.63) is 0 Å². The highest BCUT2D eigenvalue weighted by Crippen LogP contribution is 2.22. The van der Waals surface area contributed by atoms with Gasteiger partial charge in [0.1, 0.15) is 6.10 Å². The minimum atomic E-state index is -0.188. The second-order valence-electron chi connectivity index (χ2n) is 4.20. The minimum Gasteiger partial charge on any atom is -0.460 e. The molecule has 0 aliphatic carbocycles. The topological polar surface area (TPSA) is 35.5 Å². The van der Waals surface area contributed by atoms with Crippen LogP contribution in [0.2, 0.25) is 0 Å². The quantitative estimate of drug-likeness (QED) is 0.503. The first-order valence-electron chi connectivity index (χ1n) is 6.03. The fourth-order valence-electron chi connectivity index (χ4n) is 2.03. The third-order valence-electron chi connectivity index (χ3n) is 2.79. The summed E-state index contributed by atoms with van der Waals surface area (Å²) in [6.45, 7) is 4.46. The van der Waals surface area contributed by atoms with Crippen LogP contribution in [0, 0.1) is 0 Å². The predicted octanol–water partition coefficient (Wildman–Crippen LogP) is 2.68. The molecule has 0 aromatic rings. The molecule has 0 amide bonds. The van der Waals surface area contributed by atoms with E-state index in [4.69, 9.17) is 9.47 Å². The molecular weight excluding hydrogens is 192 g/mol. The molecule has 1 aliphatic heterocycles. The van der Waals surface area contributed by atoms with Crippen LogP contribution in [0.25, 0.3) is 0 Å². The van der Waals surface area contributed by atoms with Gasteiger partial charge >= 0.3 is 5.97 Å². The summed E-state index contributed by atoms with van der Waals surface area (Å²) in [7, 11) is 0. The van der Waals surface area contributed by atoms with Crippen LogP contribution in [-0.4, -0.2) is 24.8 Å². The van der Waals surface area contributed by atoms with Crippen molar-refractivity contribution >= 4 is 5.97 Å². The number of hydrogen-bond donors (Lipinski definition) is 0. The molecule has 1 aliphatic rings. The summed E-state index contributed by atoms with van der Waals surface area (Å²) in [5, 5.41) is 0. The number of hydrogen-bond acceptors (Lipinski definition) is 3. The van der Waals surface area contributed by atoms with Crippen LogP contribution in [0.4, 0.5) is 0 Å². The molecule has 3 heteroatoms. The van der Waals surface area contributed by atoms with E-state index in [-0.39, 0.29) is 18.2 Å². The second kappa shape index (κ2) is 6.83.